The van der Waals surface area contributed by atoms with Gasteiger partial charge in [0.25, 0.3) is 0 Å². The molecule has 0 amide bonds. The number of rotatable bonds is 16. The maximum Gasteiger partial charge on any atom is 0.208 e. The van der Waals surface area contributed by atoms with Crippen LogP contribution in [0.5, 0.6) is 0 Å². The lowest BCUT2D eigenvalue weighted by Crippen LogP contribution is -2.61. The molecule has 3 aromatic rings. The average molecular weight is 489 g/mol. The van der Waals surface area contributed by atoms with Gasteiger partial charge in [0.15, 0.2) is 0 Å². The summed E-state index contributed by atoms with van der Waals surface area (Å²) in [6, 6.07) is 29.5. The number of benzene rings is 3. The van der Waals surface area contributed by atoms with E-state index in [-0.39, 0.29) is 0 Å². The summed E-state index contributed by atoms with van der Waals surface area (Å²) in [4.78, 5) is 0. The molecule has 1 atom stereocenters. The first-order valence-electron chi connectivity index (χ1n) is 13.8. The van der Waals surface area contributed by atoms with Crippen molar-refractivity contribution in [1.82, 2.24) is 0 Å². The molecule has 3 aromatic carbocycles. The Kier molecular flexibility index (Phi) is 11.2. The van der Waals surface area contributed by atoms with Gasteiger partial charge >= 0.3 is 0 Å². The third-order valence-electron chi connectivity index (χ3n) is 7.31. The fourth-order valence-electron chi connectivity index (χ4n) is 5.51. The average Bonchev–Trinajstić information content (AvgIpc) is 2.91. The van der Waals surface area contributed by atoms with E-state index in [2.05, 4.69) is 6.92 Å². The molecule has 0 aliphatic heterocycles. The molecule has 0 aliphatic rings. The van der Waals surface area contributed by atoms with Crippen LogP contribution in [0.3, 0.4) is 0 Å². The Balaban J connectivity index is 1.98. The first-order chi connectivity index (χ1) is 17.6. The molecular weight excluding hydrogens is 444 g/mol. The van der Waals surface area contributed by atoms with E-state index in [4.69, 9.17) is 4.74 Å². The fourth-order valence-corrected chi connectivity index (χ4v) is 5.51. The van der Waals surface area contributed by atoms with Crippen LogP contribution in [0.2, 0.25) is 0 Å². The highest BCUT2D eigenvalue weighted by molar-refractivity contribution is 5.53. The van der Waals surface area contributed by atoms with E-state index in [1.807, 2.05) is 97.9 Å². The summed E-state index contributed by atoms with van der Waals surface area (Å²) in [5, 5.41) is 24.6. The van der Waals surface area contributed by atoms with Crippen LogP contribution in [0, 0.1) is 0 Å². The van der Waals surface area contributed by atoms with Gasteiger partial charge in [-0.3, -0.25) is 0 Å². The first-order valence-corrected chi connectivity index (χ1v) is 13.8. The Labute approximate surface area is 218 Å². The van der Waals surface area contributed by atoms with Crippen LogP contribution in [0.15, 0.2) is 91.0 Å². The molecule has 0 heterocycles. The molecule has 0 fully saturated rings. The molecule has 0 saturated carbocycles. The van der Waals surface area contributed by atoms with E-state index < -0.39 is 17.3 Å². The van der Waals surface area contributed by atoms with Gasteiger partial charge in [-0.2, -0.15) is 0 Å². The molecule has 0 bridgehead atoms. The fraction of sp³-hybridized carbons (Fsp3) is 0.455. The van der Waals surface area contributed by atoms with Gasteiger partial charge in [-0.15, -0.1) is 0 Å². The molecule has 2 N–H and O–H groups in total. The largest absolute Gasteiger partial charge is 0.373 e. The smallest absolute Gasteiger partial charge is 0.208 e. The lowest BCUT2D eigenvalue weighted by atomic mass is 9.62. The SMILES string of the molecule is CCCCCCCCCCC(OCC)C(O)(O)C(c1ccccc1)(c1ccccc1)c1ccccc1. The number of ether oxygens (including phenoxy) is 1. The number of hydrogen-bond donors (Lipinski definition) is 2. The van der Waals surface area contributed by atoms with Gasteiger partial charge in [0.05, 0.1) is 0 Å². The molecule has 3 rings (SSSR count). The molecule has 194 valence electrons. The monoisotopic (exact) mass is 488 g/mol. The van der Waals surface area contributed by atoms with Crippen molar-refractivity contribution in [3.8, 4) is 0 Å². The minimum absolute atomic E-state index is 0.416. The van der Waals surface area contributed by atoms with Crippen LogP contribution in [-0.4, -0.2) is 28.7 Å². The van der Waals surface area contributed by atoms with E-state index in [1.54, 1.807) is 0 Å². The second-order valence-electron chi connectivity index (χ2n) is 9.78. The highest BCUT2D eigenvalue weighted by atomic mass is 16.6. The molecular formula is C33H44O3. The maximum absolute atomic E-state index is 12.3. The van der Waals surface area contributed by atoms with Crippen LogP contribution in [-0.2, 0) is 10.2 Å². The molecule has 3 nitrogen and oxygen atoms in total. The van der Waals surface area contributed by atoms with Crippen molar-refractivity contribution >= 4 is 0 Å². The molecule has 0 radical (unpaired) electrons. The number of unbranched alkanes of at least 4 members (excludes halogenated alkanes) is 7. The van der Waals surface area contributed by atoms with Gasteiger partial charge in [-0.1, -0.05) is 149 Å². The topological polar surface area (TPSA) is 49.7 Å². The second kappa shape index (κ2) is 14.3. The zero-order chi connectivity index (χ0) is 25.7. The predicted molar refractivity (Wildman–Crippen MR) is 149 cm³/mol. The summed E-state index contributed by atoms with van der Waals surface area (Å²) in [5.41, 5.74) is 1.26. The summed E-state index contributed by atoms with van der Waals surface area (Å²) >= 11 is 0. The van der Waals surface area contributed by atoms with E-state index in [9.17, 15) is 10.2 Å². The van der Waals surface area contributed by atoms with E-state index in [0.29, 0.717) is 13.0 Å². The number of hydrogen-bond acceptors (Lipinski definition) is 3. The standard InChI is InChI=1S/C33H44O3/c1-3-5-6-7-8-9-10-20-27-31(36-4-2)33(34,35)32(28-21-14-11-15-22-28,29-23-16-12-17-24-29)30-25-18-13-19-26-30/h11-19,21-26,31,34-35H,3-10,20,27H2,1-2H3. The van der Waals surface area contributed by atoms with Crippen molar-refractivity contribution in [2.24, 2.45) is 0 Å². The van der Waals surface area contributed by atoms with Crippen LogP contribution in [0.4, 0.5) is 0 Å². The molecule has 1 unspecified atom stereocenters. The Morgan fingerprint density at radius 3 is 1.36 bits per heavy atom. The van der Waals surface area contributed by atoms with Gasteiger partial charge in [-0.25, -0.2) is 0 Å². The zero-order valence-corrected chi connectivity index (χ0v) is 22.1. The predicted octanol–water partition coefficient (Wildman–Crippen LogP) is 7.64. The van der Waals surface area contributed by atoms with Crippen molar-refractivity contribution in [1.29, 1.82) is 0 Å². The molecule has 36 heavy (non-hydrogen) atoms. The molecule has 3 heteroatoms. The van der Waals surface area contributed by atoms with Crippen molar-refractivity contribution in [3.63, 3.8) is 0 Å². The van der Waals surface area contributed by atoms with Crippen LogP contribution in [0.1, 0.15) is 88.3 Å². The molecule has 0 aromatic heterocycles. The normalized spacial score (nSPS) is 13.0. The Morgan fingerprint density at radius 2 is 0.972 bits per heavy atom. The van der Waals surface area contributed by atoms with Crippen molar-refractivity contribution in [2.75, 3.05) is 6.61 Å². The van der Waals surface area contributed by atoms with Crippen LogP contribution < -0.4 is 0 Å². The minimum Gasteiger partial charge on any atom is -0.373 e. The summed E-state index contributed by atoms with van der Waals surface area (Å²) in [5.74, 6) is -2.19. The first kappa shape index (κ1) is 28.1. The van der Waals surface area contributed by atoms with Crippen LogP contribution >= 0.6 is 0 Å². The Hall–Kier alpha value is -2.46. The van der Waals surface area contributed by atoms with Crippen molar-refractivity contribution < 1.29 is 14.9 Å². The molecule has 0 aliphatic carbocycles. The quantitative estimate of drug-likeness (QED) is 0.124. The van der Waals surface area contributed by atoms with E-state index in [1.165, 1.54) is 38.5 Å². The van der Waals surface area contributed by atoms with Crippen molar-refractivity contribution in [2.45, 2.75) is 88.9 Å². The van der Waals surface area contributed by atoms with E-state index in [0.717, 1.165) is 29.5 Å². The van der Waals surface area contributed by atoms with Gasteiger partial charge in [-0.05, 0) is 30.0 Å². The maximum atomic E-state index is 12.3. The third kappa shape index (κ3) is 6.45. The lowest BCUT2D eigenvalue weighted by molar-refractivity contribution is -0.264. The van der Waals surface area contributed by atoms with Crippen LogP contribution in [0.25, 0.3) is 0 Å². The lowest BCUT2D eigenvalue weighted by Gasteiger charge is -2.48. The van der Waals surface area contributed by atoms with Gasteiger partial charge in [0.1, 0.15) is 11.5 Å². The zero-order valence-electron chi connectivity index (χ0n) is 22.1. The summed E-state index contributed by atoms with van der Waals surface area (Å²) < 4.78 is 6.14. The Morgan fingerprint density at radius 1 is 0.583 bits per heavy atom. The molecule has 0 saturated heterocycles. The van der Waals surface area contributed by atoms with E-state index >= 15 is 0 Å². The van der Waals surface area contributed by atoms with Gasteiger partial charge in [0, 0.05) is 6.61 Å². The van der Waals surface area contributed by atoms with Gasteiger partial charge in [0.2, 0.25) is 5.79 Å². The second-order valence-corrected chi connectivity index (χ2v) is 9.78. The highest BCUT2D eigenvalue weighted by Gasteiger charge is 2.57. The summed E-state index contributed by atoms with van der Waals surface area (Å²) in [7, 11) is 0. The minimum atomic E-state index is -2.19. The number of aliphatic hydroxyl groups is 2. The highest BCUT2D eigenvalue weighted by Crippen LogP contribution is 2.49. The Bertz CT molecular complexity index is 873. The molecule has 0 spiro atoms. The van der Waals surface area contributed by atoms with Gasteiger partial charge < -0.3 is 14.9 Å². The summed E-state index contributed by atoms with van der Waals surface area (Å²) in [6.45, 7) is 4.58. The van der Waals surface area contributed by atoms with Crippen molar-refractivity contribution in [3.05, 3.63) is 108 Å². The summed E-state index contributed by atoms with van der Waals surface area (Å²) in [6.07, 6.45) is 9.39. The third-order valence-corrected chi connectivity index (χ3v) is 7.31.